The number of furan rings is 1. The second-order valence-electron chi connectivity index (χ2n) is 3.54. The summed E-state index contributed by atoms with van der Waals surface area (Å²) in [5.41, 5.74) is -0.0332. The molecule has 0 saturated carbocycles. The van der Waals surface area contributed by atoms with Gasteiger partial charge in [0.15, 0.2) is 17.3 Å². The Morgan fingerprint density at radius 2 is 2.35 bits per heavy atom. The van der Waals surface area contributed by atoms with Gasteiger partial charge in [-0.1, -0.05) is 0 Å². The molecular formula is C10H8N4O3. The van der Waals surface area contributed by atoms with Crippen LogP contribution in [0.2, 0.25) is 0 Å². The number of nitrogens with zero attached hydrogens (tertiary/aromatic N) is 4. The molecule has 0 atom stereocenters. The van der Waals surface area contributed by atoms with E-state index in [4.69, 9.17) is 9.52 Å². The lowest BCUT2D eigenvalue weighted by Crippen LogP contribution is -1.98. The van der Waals surface area contributed by atoms with Crippen molar-refractivity contribution in [2.24, 2.45) is 7.05 Å². The molecule has 17 heavy (non-hydrogen) atoms. The average molecular weight is 232 g/mol. The van der Waals surface area contributed by atoms with Crippen LogP contribution in [0, 0.1) is 0 Å². The van der Waals surface area contributed by atoms with Crippen molar-refractivity contribution in [1.29, 1.82) is 0 Å². The molecule has 0 aliphatic carbocycles. The number of aromatic carboxylic acids is 1. The van der Waals surface area contributed by atoms with Crippen LogP contribution in [0.15, 0.2) is 29.0 Å². The van der Waals surface area contributed by atoms with Crippen molar-refractivity contribution in [3.8, 4) is 11.6 Å². The Morgan fingerprint density at radius 1 is 1.53 bits per heavy atom. The molecule has 86 valence electrons. The first-order valence-electron chi connectivity index (χ1n) is 4.86. The molecule has 0 radical (unpaired) electrons. The van der Waals surface area contributed by atoms with Gasteiger partial charge in [0, 0.05) is 7.05 Å². The topological polar surface area (TPSA) is 85.6 Å². The van der Waals surface area contributed by atoms with Gasteiger partial charge in [-0.3, -0.25) is 4.57 Å². The van der Waals surface area contributed by atoms with Crippen molar-refractivity contribution in [2.75, 3.05) is 0 Å². The minimum absolute atomic E-state index is 0.0332. The number of carbonyl (C=O) groups is 1. The third-order valence-corrected chi connectivity index (χ3v) is 2.45. The predicted octanol–water partition coefficient (Wildman–Crippen LogP) is 1.03. The number of rotatable bonds is 2. The van der Waals surface area contributed by atoms with E-state index in [2.05, 4.69) is 10.1 Å². The fourth-order valence-corrected chi connectivity index (χ4v) is 1.65. The number of fused-ring (bicyclic) bond motifs is 1. The molecule has 0 aliphatic rings. The number of carboxylic acids is 1. The second kappa shape index (κ2) is 3.21. The van der Waals surface area contributed by atoms with E-state index in [0.717, 1.165) is 0 Å². The Morgan fingerprint density at radius 3 is 2.94 bits per heavy atom. The summed E-state index contributed by atoms with van der Waals surface area (Å²) in [6.45, 7) is 0. The monoisotopic (exact) mass is 232 g/mol. The lowest BCUT2D eigenvalue weighted by atomic mass is 10.4. The van der Waals surface area contributed by atoms with Crippen molar-refractivity contribution in [2.45, 2.75) is 0 Å². The number of aromatic nitrogens is 4. The van der Waals surface area contributed by atoms with Crippen molar-refractivity contribution in [1.82, 2.24) is 19.2 Å². The van der Waals surface area contributed by atoms with Crippen LogP contribution in [0.1, 0.15) is 10.5 Å². The quantitative estimate of drug-likeness (QED) is 0.713. The summed E-state index contributed by atoms with van der Waals surface area (Å²) >= 11 is 0. The molecule has 3 aromatic heterocycles. The Labute approximate surface area is 94.9 Å². The first kappa shape index (κ1) is 9.64. The van der Waals surface area contributed by atoms with Crippen LogP contribution in [0.3, 0.4) is 0 Å². The molecule has 0 saturated heterocycles. The van der Waals surface area contributed by atoms with Gasteiger partial charge in [-0.2, -0.15) is 0 Å². The zero-order valence-corrected chi connectivity index (χ0v) is 8.86. The van der Waals surface area contributed by atoms with E-state index in [-0.39, 0.29) is 5.69 Å². The molecule has 0 bridgehead atoms. The second-order valence-corrected chi connectivity index (χ2v) is 3.54. The highest BCUT2D eigenvalue weighted by Crippen LogP contribution is 2.19. The summed E-state index contributed by atoms with van der Waals surface area (Å²) in [6.07, 6.45) is 2.92. The van der Waals surface area contributed by atoms with Gasteiger partial charge in [0.2, 0.25) is 5.78 Å². The number of imidazole rings is 1. The van der Waals surface area contributed by atoms with Gasteiger partial charge in [-0.15, -0.1) is 5.10 Å². The number of hydrogen-bond donors (Lipinski definition) is 1. The van der Waals surface area contributed by atoms with E-state index in [1.807, 2.05) is 0 Å². The molecule has 0 spiro atoms. The molecule has 0 aromatic carbocycles. The smallest absolute Gasteiger partial charge is 0.356 e. The van der Waals surface area contributed by atoms with E-state index >= 15 is 0 Å². The number of hydrogen-bond acceptors (Lipinski definition) is 4. The molecule has 7 heteroatoms. The van der Waals surface area contributed by atoms with Gasteiger partial charge in [0.1, 0.15) is 0 Å². The SMILES string of the molecule is Cn1c(-c2ccco2)nn2cc(C(=O)O)nc12. The van der Waals surface area contributed by atoms with Gasteiger partial charge in [0.05, 0.1) is 12.5 Å². The molecule has 7 nitrogen and oxygen atoms in total. The lowest BCUT2D eigenvalue weighted by molar-refractivity contribution is 0.0691. The highest BCUT2D eigenvalue weighted by atomic mass is 16.4. The fraction of sp³-hybridized carbons (Fsp3) is 0.100. The molecule has 1 N–H and O–H groups in total. The standard InChI is InChI=1S/C10H8N4O3/c1-13-8(7-3-2-4-17-7)12-14-5-6(9(15)16)11-10(13)14/h2-5H,1H3,(H,15,16). The van der Waals surface area contributed by atoms with E-state index in [1.54, 1.807) is 30.0 Å². The highest BCUT2D eigenvalue weighted by Gasteiger charge is 2.17. The van der Waals surface area contributed by atoms with Gasteiger partial charge >= 0.3 is 5.97 Å². The van der Waals surface area contributed by atoms with Gasteiger partial charge in [-0.05, 0) is 12.1 Å². The largest absolute Gasteiger partial charge is 0.476 e. The summed E-state index contributed by atoms with van der Waals surface area (Å²) in [7, 11) is 1.75. The third kappa shape index (κ3) is 1.32. The highest BCUT2D eigenvalue weighted by molar-refractivity contribution is 5.85. The number of carboxylic acid groups (broad SMARTS) is 1. The van der Waals surface area contributed by atoms with Gasteiger partial charge < -0.3 is 9.52 Å². The van der Waals surface area contributed by atoms with Gasteiger partial charge in [0.25, 0.3) is 0 Å². The van der Waals surface area contributed by atoms with Crippen LogP contribution in [-0.2, 0) is 7.05 Å². The lowest BCUT2D eigenvalue weighted by Gasteiger charge is -1.94. The molecule has 0 fully saturated rings. The minimum atomic E-state index is -1.07. The van der Waals surface area contributed by atoms with Crippen LogP contribution in [0.5, 0.6) is 0 Å². The Bertz CT molecular complexity index is 693. The zero-order valence-electron chi connectivity index (χ0n) is 8.86. The molecule has 0 aliphatic heterocycles. The maximum absolute atomic E-state index is 10.8. The van der Waals surface area contributed by atoms with Crippen molar-refractivity contribution in [3.63, 3.8) is 0 Å². The first-order valence-corrected chi connectivity index (χ1v) is 4.86. The normalized spacial score (nSPS) is 11.1. The van der Waals surface area contributed by atoms with Crippen molar-refractivity contribution < 1.29 is 14.3 Å². The minimum Gasteiger partial charge on any atom is -0.476 e. The molecule has 3 rings (SSSR count). The molecule has 0 amide bonds. The molecule has 0 unspecified atom stereocenters. The van der Waals surface area contributed by atoms with E-state index in [0.29, 0.717) is 17.4 Å². The molecule has 3 heterocycles. The molecule has 3 aromatic rings. The summed E-state index contributed by atoms with van der Waals surface area (Å²) in [6, 6.07) is 3.54. The predicted molar refractivity (Wildman–Crippen MR) is 56.6 cm³/mol. The third-order valence-electron chi connectivity index (χ3n) is 2.45. The van der Waals surface area contributed by atoms with Crippen LogP contribution >= 0.6 is 0 Å². The van der Waals surface area contributed by atoms with E-state index < -0.39 is 5.97 Å². The first-order chi connectivity index (χ1) is 8.16. The summed E-state index contributed by atoms with van der Waals surface area (Å²) < 4.78 is 8.33. The molecular weight excluding hydrogens is 224 g/mol. The summed E-state index contributed by atoms with van der Waals surface area (Å²) in [4.78, 5) is 14.7. The summed E-state index contributed by atoms with van der Waals surface area (Å²) in [5, 5.41) is 13.0. The van der Waals surface area contributed by atoms with Crippen LogP contribution in [0.4, 0.5) is 0 Å². The zero-order chi connectivity index (χ0) is 12.0. The Kier molecular flexibility index (Phi) is 1.82. The Hall–Kier alpha value is -2.57. The number of aryl methyl sites for hydroxylation is 1. The van der Waals surface area contributed by atoms with Crippen LogP contribution in [0.25, 0.3) is 17.4 Å². The van der Waals surface area contributed by atoms with Crippen LogP contribution < -0.4 is 0 Å². The fourth-order valence-electron chi connectivity index (χ4n) is 1.65. The van der Waals surface area contributed by atoms with E-state index in [9.17, 15) is 4.79 Å². The van der Waals surface area contributed by atoms with Crippen LogP contribution in [-0.4, -0.2) is 30.2 Å². The van der Waals surface area contributed by atoms with Gasteiger partial charge in [-0.25, -0.2) is 14.3 Å². The van der Waals surface area contributed by atoms with E-state index in [1.165, 1.54) is 10.7 Å². The maximum atomic E-state index is 10.8. The maximum Gasteiger partial charge on any atom is 0.356 e. The van der Waals surface area contributed by atoms with Crippen molar-refractivity contribution in [3.05, 3.63) is 30.3 Å². The average Bonchev–Trinajstić information content (AvgIpc) is 2.95. The summed E-state index contributed by atoms with van der Waals surface area (Å²) in [5.74, 6) is 0.577. The van der Waals surface area contributed by atoms with Crippen molar-refractivity contribution >= 4 is 11.7 Å². The Balaban J connectivity index is 2.21.